The predicted octanol–water partition coefficient (Wildman–Crippen LogP) is 1.79. The van der Waals surface area contributed by atoms with Gasteiger partial charge in [0.2, 0.25) is 5.82 Å². The summed E-state index contributed by atoms with van der Waals surface area (Å²) in [6.45, 7) is 2.82. The highest BCUT2D eigenvalue weighted by atomic mass is 15.6. The molecule has 0 bridgehead atoms. The predicted molar refractivity (Wildman–Crippen MR) is 88.7 cm³/mol. The molecule has 7 nitrogen and oxygen atoms in total. The zero-order valence-electron chi connectivity index (χ0n) is 13.4. The van der Waals surface area contributed by atoms with Crippen LogP contribution in [0.25, 0.3) is 11.4 Å². The minimum absolute atomic E-state index is 0.442. The third kappa shape index (κ3) is 3.30. The van der Waals surface area contributed by atoms with Crippen molar-refractivity contribution < 1.29 is 0 Å². The molecule has 0 aliphatic carbocycles. The van der Waals surface area contributed by atoms with Crippen LogP contribution in [0.2, 0.25) is 0 Å². The third-order valence-electron chi connectivity index (χ3n) is 4.40. The second-order valence-electron chi connectivity index (χ2n) is 6.03. The lowest BCUT2D eigenvalue weighted by atomic mass is 10.2. The number of hydrogen-bond donors (Lipinski definition) is 0. The van der Waals surface area contributed by atoms with Gasteiger partial charge in [0.05, 0.1) is 6.54 Å². The highest BCUT2D eigenvalue weighted by Crippen LogP contribution is 2.21. The topological polar surface area (TPSA) is 72.6 Å². The molecule has 0 spiro atoms. The lowest BCUT2D eigenvalue weighted by Gasteiger charge is -2.23. The van der Waals surface area contributed by atoms with Gasteiger partial charge >= 0.3 is 0 Å². The van der Waals surface area contributed by atoms with E-state index in [2.05, 4.69) is 42.4 Å². The maximum Gasteiger partial charge on any atom is 0.205 e. The van der Waals surface area contributed by atoms with Gasteiger partial charge in [0.1, 0.15) is 0 Å². The van der Waals surface area contributed by atoms with Crippen molar-refractivity contribution in [3.8, 4) is 11.4 Å². The van der Waals surface area contributed by atoms with Gasteiger partial charge in [-0.15, -0.1) is 10.2 Å². The van der Waals surface area contributed by atoms with Gasteiger partial charge in [0.25, 0.3) is 0 Å². The summed E-state index contributed by atoms with van der Waals surface area (Å²) in [4.78, 5) is 12.3. The first-order chi connectivity index (χ1) is 11.9. The number of pyridine rings is 2. The summed E-state index contributed by atoms with van der Waals surface area (Å²) in [5.41, 5.74) is 2.23. The first-order valence-electron chi connectivity index (χ1n) is 8.19. The molecule has 122 valence electrons. The molecule has 1 saturated heterocycles. The lowest BCUT2D eigenvalue weighted by Crippen LogP contribution is -2.33. The van der Waals surface area contributed by atoms with Gasteiger partial charge in [-0.25, -0.2) is 0 Å². The molecule has 3 aromatic heterocycles. The number of rotatable bonds is 5. The first-order valence-corrected chi connectivity index (χ1v) is 8.19. The van der Waals surface area contributed by atoms with Crippen LogP contribution in [-0.4, -0.2) is 47.7 Å². The third-order valence-corrected chi connectivity index (χ3v) is 4.40. The van der Waals surface area contributed by atoms with Crippen molar-refractivity contribution in [3.63, 3.8) is 0 Å². The van der Waals surface area contributed by atoms with Crippen molar-refractivity contribution in [2.75, 3.05) is 6.54 Å². The standard InChI is InChI=1S/C17H19N7/c1-2-16(23(11-1)12-14-3-7-18-8-4-14)13-24-21-17(20-22-24)15-5-9-19-10-6-15/h3-10,16H,1-2,11-13H2/t16-/m0/s1. The van der Waals surface area contributed by atoms with Crippen molar-refractivity contribution in [2.24, 2.45) is 0 Å². The Labute approximate surface area is 140 Å². The fourth-order valence-electron chi connectivity index (χ4n) is 3.16. The molecule has 0 saturated carbocycles. The Morgan fingerprint density at radius 1 is 1.00 bits per heavy atom. The second kappa shape index (κ2) is 6.84. The zero-order chi connectivity index (χ0) is 16.2. The van der Waals surface area contributed by atoms with E-state index < -0.39 is 0 Å². The number of tetrazole rings is 1. The van der Waals surface area contributed by atoms with Crippen molar-refractivity contribution in [3.05, 3.63) is 54.6 Å². The van der Waals surface area contributed by atoms with E-state index in [1.54, 1.807) is 17.2 Å². The van der Waals surface area contributed by atoms with Crippen LogP contribution in [0.4, 0.5) is 0 Å². The Kier molecular flexibility index (Phi) is 4.24. The molecule has 7 heteroatoms. The van der Waals surface area contributed by atoms with Crippen LogP contribution in [0, 0.1) is 0 Å². The van der Waals surface area contributed by atoms with Crippen LogP contribution in [0.15, 0.2) is 49.1 Å². The fourth-order valence-corrected chi connectivity index (χ4v) is 3.16. The largest absolute Gasteiger partial charge is 0.294 e. The Bertz CT molecular complexity index is 772. The minimum atomic E-state index is 0.442. The molecule has 0 amide bonds. The Balaban J connectivity index is 1.44. The van der Waals surface area contributed by atoms with Gasteiger partial charge in [-0.1, -0.05) is 0 Å². The van der Waals surface area contributed by atoms with Crippen molar-refractivity contribution in [2.45, 2.75) is 32.0 Å². The number of aromatic nitrogens is 6. The fraction of sp³-hybridized carbons (Fsp3) is 0.353. The molecule has 1 fully saturated rings. The molecule has 0 aromatic carbocycles. The summed E-state index contributed by atoms with van der Waals surface area (Å²) in [5.74, 6) is 0.649. The van der Waals surface area contributed by atoms with E-state index in [0.717, 1.165) is 31.6 Å². The highest BCUT2D eigenvalue weighted by molar-refractivity contribution is 5.51. The quantitative estimate of drug-likeness (QED) is 0.713. The van der Waals surface area contributed by atoms with Gasteiger partial charge < -0.3 is 0 Å². The summed E-state index contributed by atoms with van der Waals surface area (Å²) in [6.07, 6.45) is 9.55. The van der Waals surface area contributed by atoms with E-state index in [4.69, 9.17) is 0 Å². The summed E-state index contributed by atoms with van der Waals surface area (Å²) in [7, 11) is 0. The van der Waals surface area contributed by atoms with Crippen molar-refractivity contribution in [1.29, 1.82) is 0 Å². The van der Waals surface area contributed by atoms with E-state index >= 15 is 0 Å². The molecule has 1 aliphatic heterocycles. The smallest absolute Gasteiger partial charge is 0.205 e. The summed E-state index contributed by atoms with van der Waals surface area (Å²) >= 11 is 0. The zero-order valence-corrected chi connectivity index (χ0v) is 13.4. The maximum absolute atomic E-state index is 4.52. The van der Waals surface area contributed by atoms with Gasteiger partial charge in [0.15, 0.2) is 0 Å². The minimum Gasteiger partial charge on any atom is -0.294 e. The van der Waals surface area contributed by atoms with Crippen LogP contribution in [0.1, 0.15) is 18.4 Å². The lowest BCUT2D eigenvalue weighted by molar-refractivity contribution is 0.211. The second-order valence-corrected chi connectivity index (χ2v) is 6.03. The van der Waals surface area contributed by atoms with Crippen LogP contribution < -0.4 is 0 Å². The molecule has 3 aromatic rings. The summed E-state index contributed by atoms with van der Waals surface area (Å²) < 4.78 is 0. The highest BCUT2D eigenvalue weighted by Gasteiger charge is 2.25. The van der Waals surface area contributed by atoms with Crippen LogP contribution >= 0.6 is 0 Å². The molecule has 0 N–H and O–H groups in total. The van der Waals surface area contributed by atoms with Crippen LogP contribution in [0.5, 0.6) is 0 Å². The van der Waals surface area contributed by atoms with E-state index in [-0.39, 0.29) is 0 Å². The van der Waals surface area contributed by atoms with Gasteiger partial charge in [-0.05, 0) is 54.4 Å². The van der Waals surface area contributed by atoms with Crippen LogP contribution in [0.3, 0.4) is 0 Å². The molecule has 4 heterocycles. The van der Waals surface area contributed by atoms with Gasteiger partial charge in [0, 0.05) is 42.9 Å². The van der Waals surface area contributed by atoms with Crippen molar-refractivity contribution >= 4 is 0 Å². The van der Waals surface area contributed by atoms with E-state index in [9.17, 15) is 0 Å². The summed E-state index contributed by atoms with van der Waals surface area (Å²) in [5, 5.41) is 12.9. The molecule has 4 rings (SSSR count). The normalized spacial score (nSPS) is 18.1. The number of likely N-dealkylation sites (tertiary alicyclic amines) is 1. The average Bonchev–Trinajstić information content (AvgIpc) is 3.27. The molecule has 1 aliphatic rings. The number of nitrogens with zero attached hydrogens (tertiary/aromatic N) is 7. The van der Waals surface area contributed by atoms with E-state index in [1.165, 1.54) is 12.0 Å². The number of hydrogen-bond acceptors (Lipinski definition) is 6. The molecule has 0 radical (unpaired) electrons. The van der Waals surface area contributed by atoms with E-state index in [0.29, 0.717) is 11.9 Å². The molecule has 24 heavy (non-hydrogen) atoms. The molecular weight excluding hydrogens is 302 g/mol. The van der Waals surface area contributed by atoms with Crippen LogP contribution in [-0.2, 0) is 13.1 Å². The monoisotopic (exact) mass is 321 g/mol. The van der Waals surface area contributed by atoms with Crippen molar-refractivity contribution in [1.82, 2.24) is 35.1 Å². The Hall–Kier alpha value is -2.67. The van der Waals surface area contributed by atoms with E-state index in [1.807, 2.05) is 24.5 Å². The summed E-state index contributed by atoms with van der Waals surface area (Å²) in [6, 6.07) is 8.38. The first kappa shape index (κ1) is 14.9. The molecular formula is C17H19N7. The Morgan fingerprint density at radius 3 is 2.54 bits per heavy atom. The molecule has 0 unspecified atom stereocenters. The van der Waals surface area contributed by atoms with Gasteiger partial charge in [-0.3, -0.25) is 14.9 Å². The Morgan fingerprint density at radius 2 is 1.75 bits per heavy atom. The van der Waals surface area contributed by atoms with Gasteiger partial charge in [-0.2, -0.15) is 4.80 Å². The molecule has 1 atom stereocenters. The average molecular weight is 321 g/mol. The SMILES string of the molecule is c1cc(CN2CCC[C@H]2Cn2nnc(-c3ccncc3)n2)ccn1. The maximum atomic E-state index is 4.52.